The monoisotopic (exact) mass is 371 g/mol. The van der Waals surface area contributed by atoms with Gasteiger partial charge < -0.3 is 10.2 Å². The van der Waals surface area contributed by atoms with Crippen molar-refractivity contribution in [3.05, 3.63) is 64.4 Å². The van der Waals surface area contributed by atoms with Crippen LogP contribution in [-0.4, -0.2) is 34.8 Å². The summed E-state index contributed by atoms with van der Waals surface area (Å²) in [6, 6.07) is 12.3. The van der Waals surface area contributed by atoms with Gasteiger partial charge in [0.05, 0.1) is 0 Å². The summed E-state index contributed by atoms with van der Waals surface area (Å²) < 4.78 is 0. The second kappa shape index (κ2) is 8.81. The van der Waals surface area contributed by atoms with Crippen molar-refractivity contribution in [1.82, 2.24) is 15.2 Å². The van der Waals surface area contributed by atoms with Crippen molar-refractivity contribution < 1.29 is 9.59 Å². The number of hydrogen-bond acceptors (Lipinski definition) is 3. The molecule has 136 valence electrons. The molecule has 3 rings (SSSR count). The van der Waals surface area contributed by atoms with Gasteiger partial charge in [-0.1, -0.05) is 42.6 Å². The third kappa shape index (κ3) is 4.82. The van der Waals surface area contributed by atoms with Gasteiger partial charge in [-0.3, -0.25) is 9.59 Å². The van der Waals surface area contributed by atoms with Crippen LogP contribution in [0.15, 0.2) is 42.5 Å². The second-order valence-electron chi connectivity index (χ2n) is 6.42. The summed E-state index contributed by atoms with van der Waals surface area (Å²) in [5.41, 5.74) is 1.52. The maximum absolute atomic E-state index is 12.7. The highest BCUT2D eigenvalue weighted by molar-refractivity contribution is 6.30. The number of benzene rings is 1. The van der Waals surface area contributed by atoms with Crippen LogP contribution in [0.25, 0.3) is 0 Å². The third-order valence-corrected chi connectivity index (χ3v) is 4.71. The first-order chi connectivity index (χ1) is 12.6. The van der Waals surface area contributed by atoms with Crippen molar-refractivity contribution in [2.75, 3.05) is 13.1 Å². The van der Waals surface area contributed by atoms with Gasteiger partial charge in [0.1, 0.15) is 11.4 Å². The van der Waals surface area contributed by atoms with Gasteiger partial charge in [-0.05, 0) is 42.7 Å². The first-order valence-electron chi connectivity index (χ1n) is 8.92. The van der Waals surface area contributed by atoms with E-state index in [2.05, 4.69) is 10.3 Å². The van der Waals surface area contributed by atoms with Crippen molar-refractivity contribution in [2.45, 2.75) is 32.2 Å². The van der Waals surface area contributed by atoms with Crippen LogP contribution in [0.4, 0.5) is 0 Å². The van der Waals surface area contributed by atoms with Gasteiger partial charge in [0.15, 0.2) is 0 Å². The molecule has 0 saturated carbocycles. The molecule has 0 unspecified atom stereocenters. The standard InChI is InChI=1S/C20H22ClN3O2/c21-16-10-8-15(9-11-16)14-22-19(25)17-6-5-7-18(23-17)20(26)24-12-3-1-2-4-13-24/h5-11H,1-4,12-14H2,(H,22,25). The highest BCUT2D eigenvalue weighted by atomic mass is 35.5. The summed E-state index contributed by atoms with van der Waals surface area (Å²) in [5, 5.41) is 3.48. The van der Waals surface area contributed by atoms with E-state index in [1.807, 2.05) is 17.0 Å². The zero-order chi connectivity index (χ0) is 18.4. The molecule has 0 bridgehead atoms. The number of rotatable bonds is 4. The molecule has 1 aliphatic heterocycles. The van der Waals surface area contributed by atoms with E-state index in [1.54, 1.807) is 30.3 Å². The van der Waals surface area contributed by atoms with Crippen LogP contribution in [0.3, 0.4) is 0 Å². The molecule has 1 fully saturated rings. The van der Waals surface area contributed by atoms with Gasteiger partial charge >= 0.3 is 0 Å². The van der Waals surface area contributed by atoms with E-state index >= 15 is 0 Å². The molecule has 2 aromatic rings. The molecular weight excluding hydrogens is 350 g/mol. The van der Waals surface area contributed by atoms with E-state index < -0.39 is 0 Å². The molecule has 1 aromatic heterocycles. The molecule has 5 nitrogen and oxygen atoms in total. The Labute approximate surface area is 158 Å². The summed E-state index contributed by atoms with van der Waals surface area (Å²) in [6.45, 7) is 1.89. The molecule has 0 aliphatic carbocycles. The molecular formula is C20H22ClN3O2. The van der Waals surface area contributed by atoms with Crippen LogP contribution < -0.4 is 5.32 Å². The predicted molar refractivity (Wildman–Crippen MR) is 101 cm³/mol. The van der Waals surface area contributed by atoms with E-state index in [0.717, 1.165) is 44.3 Å². The number of halogens is 1. The highest BCUT2D eigenvalue weighted by Crippen LogP contribution is 2.13. The lowest BCUT2D eigenvalue weighted by molar-refractivity contribution is 0.0755. The Hall–Kier alpha value is -2.40. The van der Waals surface area contributed by atoms with Gasteiger partial charge in [0.25, 0.3) is 11.8 Å². The first kappa shape index (κ1) is 18.4. The number of hydrogen-bond donors (Lipinski definition) is 1. The lowest BCUT2D eigenvalue weighted by atomic mass is 10.2. The SMILES string of the molecule is O=C(NCc1ccc(Cl)cc1)c1cccc(C(=O)N2CCCCCC2)n1. The number of amides is 2. The molecule has 1 aliphatic rings. The van der Waals surface area contributed by atoms with Crippen LogP contribution in [0.5, 0.6) is 0 Å². The Morgan fingerprint density at radius 2 is 1.62 bits per heavy atom. The summed E-state index contributed by atoms with van der Waals surface area (Å²) >= 11 is 5.86. The molecule has 1 saturated heterocycles. The van der Waals surface area contributed by atoms with Gasteiger partial charge in [0, 0.05) is 24.7 Å². The van der Waals surface area contributed by atoms with Crippen LogP contribution in [0, 0.1) is 0 Å². The number of pyridine rings is 1. The smallest absolute Gasteiger partial charge is 0.272 e. The third-order valence-electron chi connectivity index (χ3n) is 4.46. The minimum atomic E-state index is -0.300. The maximum atomic E-state index is 12.7. The van der Waals surface area contributed by atoms with E-state index in [4.69, 9.17) is 11.6 Å². The van der Waals surface area contributed by atoms with Crippen LogP contribution in [0.2, 0.25) is 5.02 Å². The molecule has 2 amide bonds. The maximum Gasteiger partial charge on any atom is 0.272 e. The Bertz CT molecular complexity index is 769. The summed E-state index contributed by atoms with van der Waals surface area (Å²) in [4.78, 5) is 31.1. The highest BCUT2D eigenvalue weighted by Gasteiger charge is 2.19. The average Bonchev–Trinajstić information content (AvgIpc) is 2.96. The number of aromatic nitrogens is 1. The number of carbonyl (C=O) groups is 2. The topological polar surface area (TPSA) is 62.3 Å². The van der Waals surface area contributed by atoms with Crippen LogP contribution >= 0.6 is 11.6 Å². The molecule has 1 aromatic carbocycles. The zero-order valence-electron chi connectivity index (χ0n) is 14.6. The Kier molecular flexibility index (Phi) is 6.23. The van der Waals surface area contributed by atoms with Crippen molar-refractivity contribution in [3.8, 4) is 0 Å². The lowest BCUT2D eigenvalue weighted by Crippen LogP contribution is -2.33. The van der Waals surface area contributed by atoms with Crippen molar-refractivity contribution in [3.63, 3.8) is 0 Å². The predicted octanol–water partition coefficient (Wildman–Crippen LogP) is 3.68. The number of nitrogens with zero attached hydrogens (tertiary/aromatic N) is 2. The van der Waals surface area contributed by atoms with Crippen molar-refractivity contribution in [2.24, 2.45) is 0 Å². The van der Waals surface area contributed by atoms with Gasteiger partial charge in [-0.2, -0.15) is 0 Å². The average molecular weight is 372 g/mol. The van der Waals surface area contributed by atoms with E-state index in [1.165, 1.54) is 0 Å². The summed E-state index contributed by atoms with van der Waals surface area (Å²) in [7, 11) is 0. The summed E-state index contributed by atoms with van der Waals surface area (Å²) in [5.74, 6) is -0.398. The van der Waals surface area contributed by atoms with Crippen LogP contribution in [0.1, 0.15) is 52.2 Å². The molecule has 0 spiro atoms. The number of nitrogens with one attached hydrogen (secondary N) is 1. The van der Waals surface area contributed by atoms with Crippen LogP contribution in [-0.2, 0) is 6.54 Å². The zero-order valence-corrected chi connectivity index (χ0v) is 15.3. The minimum absolute atomic E-state index is 0.0979. The van der Waals surface area contributed by atoms with Crippen molar-refractivity contribution >= 4 is 23.4 Å². The number of carbonyl (C=O) groups excluding carboxylic acids is 2. The van der Waals surface area contributed by atoms with E-state index in [0.29, 0.717) is 17.3 Å². The molecule has 0 radical (unpaired) electrons. The second-order valence-corrected chi connectivity index (χ2v) is 6.86. The van der Waals surface area contributed by atoms with E-state index in [-0.39, 0.29) is 17.5 Å². The lowest BCUT2D eigenvalue weighted by Gasteiger charge is -2.19. The van der Waals surface area contributed by atoms with Gasteiger partial charge in [0.2, 0.25) is 0 Å². The van der Waals surface area contributed by atoms with Gasteiger partial charge in [-0.25, -0.2) is 4.98 Å². The summed E-state index contributed by atoms with van der Waals surface area (Å²) in [6.07, 6.45) is 4.36. The van der Waals surface area contributed by atoms with E-state index in [9.17, 15) is 9.59 Å². The first-order valence-corrected chi connectivity index (χ1v) is 9.30. The Morgan fingerprint density at radius 1 is 0.962 bits per heavy atom. The fourth-order valence-corrected chi connectivity index (χ4v) is 3.12. The largest absolute Gasteiger partial charge is 0.347 e. The fourth-order valence-electron chi connectivity index (χ4n) is 2.99. The quantitative estimate of drug-likeness (QED) is 0.891. The van der Waals surface area contributed by atoms with Crippen molar-refractivity contribution in [1.29, 1.82) is 0 Å². The fraction of sp³-hybridized carbons (Fsp3) is 0.350. The normalized spacial score (nSPS) is 14.6. The Balaban J connectivity index is 1.64. The molecule has 6 heteroatoms. The number of likely N-dealkylation sites (tertiary alicyclic amines) is 1. The Morgan fingerprint density at radius 3 is 2.31 bits per heavy atom. The van der Waals surface area contributed by atoms with Gasteiger partial charge in [-0.15, -0.1) is 0 Å². The molecule has 1 N–H and O–H groups in total. The minimum Gasteiger partial charge on any atom is -0.347 e. The molecule has 26 heavy (non-hydrogen) atoms. The molecule has 0 atom stereocenters. The molecule has 2 heterocycles.